The van der Waals surface area contributed by atoms with E-state index in [0.717, 1.165) is 0 Å². The van der Waals surface area contributed by atoms with Gasteiger partial charge in [0.15, 0.2) is 0 Å². The van der Waals surface area contributed by atoms with E-state index in [2.05, 4.69) is 5.32 Å². The third kappa shape index (κ3) is 3.51. The zero-order valence-corrected chi connectivity index (χ0v) is 12.3. The molecule has 0 bridgehead atoms. The van der Waals surface area contributed by atoms with E-state index in [4.69, 9.17) is 0 Å². The molecule has 1 aromatic rings. The number of rotatable bonds is 3. The lowest BCUT2D eigenvalue weighted by molar-refractivity contribution is -0.384. The van der Waals surface area contributed by atoms with Crippen LogP contribution in [0.5, 0.6) is 0 Å². The fourth-order valence-electron chi connectivity index (χ4n) is 2.31. The summed E-state index contributed by atoms with van der Waals surface area (Å²) >= 11 is 0. The van der Waals surface area contributed by atoms with Crippen LogP contribution in [-0.4, -0.2) is 59.4 Å². The number of urea groups is 1. The molecule has 1 aliphatic heterocycles. The maximum atomic E-state index is 12.4. The molecular formula is C14H18N4O4. The highest BCUT2D eigenvalue weighted by molar-refractivity contribution is 5.95. The first kappa shape index (κ1) is 15.7. The summed E-state index contributed by atoms with van der Waals surface area (Å²) < 4.78 is 0. The van der Waals surface area contributed by atoms with E-state index in [1.54, 1.807) is 15.9 Å². The van der Waals surface area contributed by atoms with Gasteiger partial charge in [-0.25, -0.2) is 4.79 Å². The van der Waals surface area contributed by atoms with Gasteiger partial charge in [-0.15, -0.1) is 0 Å². The van der Waals surface area contributed by atoms with Crippen molar-refractivity contribution in [2.45, 2.75) is 6.92 Å². The summed E-state index contributed by atoms with van der Waals surface area (Å²) in [6.07, 6.45) is 0. The van der Waals surface area contributed by atoms with Crippen LogP contribution in [0.4, 0.5) is 10.5 Å². The third-order valence-corrected chi connectivity index (χ3v) is 3.49. The van der Waals surface area contributed by atoms with Crippen molar-refractivity contribution in [2.75, 3.05) is 32.7 Å². The molecule has 0 saturated carbocycles. The summed E-state index contributed by atoms with van der Waals surface area (Å²) in [7, 11) is 0. The topological polar surface area (TPSA) is 95.8 Å². The van der Waals surface area contributed by atoms with Crippen molar-refractivity contribution in [1.29, 1.82) is 0 Å². The summed E-state index contributed by atoms with van der Waals surface area (Å²) in [6, 6.07) is 5.55. The highest BCUT2D eigenvalue weighted by Gasteiger charge is 2.25. The molecule has 1 heterocycles. The third-order valence-electron chi connectivity index (χ3n) is 3.49. The first-order chi connectivity index (χ1) is 10.5. The molecule has 8 nitrogen and oxygen atoms in total. The summed E-state index contributed by atoms with van der Waals surface area (Å²) in [5.41, 5.74) is 0.187. The van der Waals surface area contributed by atoms with Gasteiger partial charge < -0.3 is 15.1 Å². The number of benzene rings is 1. The van der Waals surface area contributed by atoms with Crippen molar-refractivity contribution in [3.05, 3.63) is 39.9 Å². The number of nitro groups is 1. The molecule has 22 heavy (non-hydrogen) atoms. The van der Waals surface area contributed by atoms with Gasteiger partial charge in [0, 0.05) is 50.4 Å². The van der Waals surface area contributed by atoms with Crippen LogP contribution in [0, 0.1) is 10.1 Å². The van der Waals surface area contributed by atoms with Gasteiger partial charge in [-0.2, -0.15) is 0 Å². The minimum atomic E-state index is -0.524. The van der Waals surface area contributed by atoms with Gasteiger partial charge in [-0.05, 0) is 13.0 Å². The second-order valence-electron chi connectivity index (χ2n) is 4.92. The molecule has 0 atom stereocenters. The van der Waals surface area contributed by atoms with Crippen molar-refractivity contribution < 1.29 is 14.5 Å². The van der Waals surface area contributed by atoms with Gasteiger partial charge in [-0.1, -0.05) is 6.07 Å². The minimum absolute atomic E-state index is 0.105. The Morgan fingerprint density at radius 2 is 1.86 bits per heavy atom. The molecular weight excluding hydrogens is 288 g/mol. The monoisotopic (exact) mass is 306 g/mol. The van der Waals surface area contributed by atoms with Crippen LogP contribution in [0.25, 0.3) is 0 Å². The summed E-state index contributed by atoms with van der Waals surface area (Å²) in [5, 5.41) is 13.5. The Bertz CT molecular complexity index is 582. The van der Waals surface area contributed by atoms with Crippen LogP contribution in [0.15, 0.2) is 24.3 Å². The van der Waals surface area contributed by atoms with Crippen LogP contribution in [0.1, 0.15) is 17.3 Å². The van der Waals surface area contributed by atoms with Gasteiger partial charge in [0.1, 0.15) is 0 Å². The maximum absolute atomic E-state index is 12.4. The Morgan fingerprint density at radius 1 is 1.23 bits per heavy atom. The second kappa shape index (κ2) is 6.88. The highest BCUT2D eigenvalue weighted by atomic mass is 16.6. The zero-order chi connectivity index (χ0) is 16.1. The van der Waals surface area contributed by atoms with Gasteiger partial charge in [0.2, 0.25) is 0 Å². The quantitative estimate of drug-likeness (QED) is 0.667. The summed E-state index contributed by atoms with van der Waals surface area (Å²) in [6.45, 7) is 4.14. The number of nitro benzene ring substituents is 1. The van der Waals surface area contributed by atoms with Gasteiger partial charge in [-0.3, -0.25) is 14.9 Å². The predicted octanol–water partition coefficient (Wildman–Crippen LogP) is 1.08. The molecule has 0 spiro atoms. The number of non-ortho nitro benzene ring substituents is 1. The smallest absolute Gasteiger partial charge is 0.317 e. The van der Waals surface area contributed by atoms with E-state index in [1.807, 2.05) is 6.92 Å². The number of nitrogens with zero attached hydrogens (tertiary/aromatic N) is 3. The normalized spacial score (nSPS) is 14.6. The number of carbonyl (C=O) groups excluding carboxylic acids is 2. The van der Waals surface area contributed by atoms with Crippen LogP contribution in [0.3, 0.4) is 0 Å². The van der Waals surface area contributed by atoms with E-state index < -0.39 is 4.92 Å². The molecule has 1 aliphatic rings. The zero-order valence-electron chi connectivity index (χ0n) is 12.3. The number of piperazine rings is 1. The van der Waals surface area contributed by atoms with E-state index >= 15 is 0 Å². The number of amides is 3. The molecule has 8 heteroatoms. The number of hydrogen-bond acceptors (Lipinski definition) is 4. The molecule has 0 aliphatic carbocycles. The van der Waals surface area contributed by atoms with Crippen LogP contribution >= 0.6 is 0 Å². The molecule has 0 unspecified atom stereocenters. The Hall–Kier alpha value is -2.64. The molecule has 1 fully saturated rings. The fourth-order valence-corrected chi connectivity index (χ4v) is 2.31. The molecule has 1 N–H and O–H groups in total. The molecule has 1 aromatic carbocycles. The average molecular weight is 306 g/mol. The number of nitrogens with one attached hydrogen (secondary N) is 1. The SMILES string of the molecule is CCNC(=O)N1CCN(C(=O)c2cccc([N+](=O)[O-])c2)CC1. The standard InChI is InChI=1S/C14H18N4O4/c1-2-15-14(20)17-8-6-16(7-9-17)13(19)11-4-3-5-12(10-11)18(21)22/h3-5,10H,2,6-9H2,1H3,(H,15,20). The van der Waals surface area contributed by atoms with Gasteiger partial charge in [0.25, 0.3) is 11.6 Å². The molecule has 118 valence electrons. The number of carbonyl (C=O) groups is 2. The van der Waals surface area contributed by atoms with Crippen molar-refractivity contribution in [2.24, 2.45) is 0 Å². The van der Waals surface area contributed by atoms with E-state index in [9.17, 15) is 19.7 Å². The fraction of sp³-hybridized carbons (Fsp3) is 0.429. The molecule has 2 rings (SSSR count). The van der Waals surface area contributed by atoms with Crippen molar-refractivity contribution in [3.8, 4) is 0 Å². The molecule has 0 radical (unpaired) electrons. The van der Waals surface area contributed by atoms with E-state index in [1.165, 1.54) is 18.2 Å². The Labute approximate surface area is 127 Å². The summed E-state index contributed by atoms with van der Waals surface area (Å²) in [5.74, 6) is -0.251. The Morgan fingerprint density at radius 3 is 2.45 bits per heavy atom. The van der Waals surface area contributed by atoms with Crippen LogP contribution < -0.4 is 5.32 Å². The lowest BCUT2D eigenvalue weighted by atomic mass is 10.1. The van der Waals surface area contributed by atoms with E-state index in [-0.39, 0.29) is 17.6 Å². The van der Waals surface area contributed by atoms with Crippen LogP contribution in [-0.2, 0) is 0 Å². The Kier molecular flexibility index (Phi) is 4.92. The number of hydrogen-bond donors (Lipinski definition) is 1. The first-order valence-electron chi connectivity index (χ1n) is 7.09. The van der Waals surface area contributed by atoms with E-state index in [0.29, 0.717) is 38.3 Å². The van der Waals surface area contributed by atoms with Gasteiger partial charge >= 0.3 is 6.03 Å². The van der Waals surface area contributed by atoms with Crippen LogP contribution in [0.2, 0.25) is 0 Å². The predicted molar refractivity (Wildman–Crippen MR) is 79.6 cm³/mol. The Balaban J connectivity index is 1.99. The molecule has 3 amide bonds. The highest BCUT2D eigenvalue weighted by Crippen LogP contribution is 2.15. The summed E-state index contributed by atoms with van der Waals surface area (Å²) in [4.78, 5) is 37.6. The largest absolute Gasteiger partial charge is 0.338 e. The van der Waals surface area contributed by atoms with Crippen molar-refractivity contribution in [1.82, 2.24) is 15.1 Å². The average Bonchev–Trinajstić information content (AvgIpc) is 2.54. The first-order valence-corrected chi connectivity index (χ1v) is 7.09. The lowest BCUT2D eigenvalue weighted by Gasteiger charge is -2.34. The lowest BCUT2D eigenvalue weighted by Crippen LogP contribution is -2.53. The maximum Gasteiger partial charge on any atom is 0.317 e. The second-order valence-corrected chi connectivity index (χ2v) is 4.92. The molecule has 0 aromatic heterocycles. The van der Waals surface area contributed by atoms with Gasteiger partial charge in [0.05, 0.1) is 4.92 Å². The minimum Gasteiger partial charge on any atom is -0.338 e. The molecule has 1 saturated heterocycles. The van der Waals surface area contributed by atoms with Crippen molar-refractivity contribution >= 4 is 17.6 Å². The van der Waals surface area contributed by atoms with Crippen molar-refractivity contribution in [3.63, 3.8) is 0 Å².